The molecule has 0 aromatic carbocycles. The fourth-order valence-electron chi connectivity index (χ4n) is 4.27. The van der Waals surface area contributed by atoms with Crippen LogP contribution >= 0.6 is 11.8 Å². The number of allylic oxidation sites excluding steroid dienone is 1. The van der Waals surface area contributed by atoms with Gasteiger partial charge in [-0.3, -0.25) is 9.59 Å². The molecule has 0 bridgehead atoms. The number of piperidine rings is 1. The molecule has 3 aromatic rings. The van der Waals surface area contributed by atoms with Gasteiger partial charge < -0.3 is 14.2 Å². The molecule has 5 heterocycles. The number of hydrogen-bond acceptors (Lipinski definition) is 9. The van der Waals surface area contributed by atoms with E-state index >= 15 is 0 Å². The highest BCUT2D eigenvalue weighted by Gasteiger charge is 2.26. The van der Waals surface area contributed by atoms with E-state index in [9.17, 15) is 9.59 Å². The number of hydrogen-bond donors (Lipinski definition) is 0. The molecular weight excluding hydrogens is 450 g/mol. The second-order valence-electron chi connectivity index (χ2n) is 8.53. The highest BCUT2D eigenvalue weighted by atomic mass is 32.2. The average Bonchev–Trinajstić information content (AvgIpc) is 3.50. The number of pyridine rings is 1. The Hall–Kier alpha value is -3.46. The van der Waals surface area contributed by atoms with Crippen molar-refractivity contribution in [2.45, 2.75) is 19.3 Å². The van der Waals surface area contributed by atoms with Crippen LogP contribution in [0.2, 0.25) is 0 Å². The molecule has 2 saturated heterocycles. The third kappa shape index (κ3) is 5.04. The van der Waals surface area contributed by atoms with Crippen LogP contribution in [0.4, 0.5) is 11.8 Å². The van der Waals surface area contributed by atoms with Gasteiger partial charge in [-0.25, -0.2) is 15.0 Å². The molecule has 2 fully saturated rings. The summed E-state index contributed by atoms with van der Waals surface area (Å²) in [5, 5.41) is -0.111. The van der Waals surface area contributed by atoms with Gasteiger partial charge in [-0.15, -0.1) is 0 Å². The zero-order valence-electron chi connectivity index (χ0n) is 18.9. The number of carbonyl (C=O) groups is 2. The van der Waals surface area contributed by atoms with Gasteiger partial charge in [-0.2, -0.15) is 0 Å². The summed E-state index contributed by atoms with van der Waals surface area (Å²) >= 11 is 0.998. The second kappa shape index (κ2) is 9.80. The van der Waals surface area contributed by atoms with Crippen LogP contribution in [0.25, 0.3) is 17.5 Å². The van der Waals surface area contributed by atoms with Gasteiger partial charge in [-0.1, -0.05) is 6.07 Å². The smallest absolute Gasteiger partial charge is 0.225 e. The molecule has 2 aliphatic rings. The van der Waals surface area contributed by atoms with Gasteiger partial charge in [-0.05, 0) is 66.9 Å². The van der Waals surface area contributed by atoms with Crippen LogP contribution < -0.4 is 9.80 Å². The van der Waals surface area contributed by atoms with Gasteiger partial charge in [0.2, 0.25) is 11.1 Å². The van der Waals surface area contributed by atoms with Crippen molar-refractivity contribution in [3.8, 4) is 11.5 Å². The van der Waals surface area contributed by atoms with Gasteiger partial charge in [0.1, 0.15) is 11.5 Å². The van der Waals surface area contributed by atoms with Crippen LogP contribution in [0.5, 0.6) is 0 Å². The van der Waals surface area contributed by atoms with E-state index in [1.165, 1.54) is 0 Å². The first-order valence-corrected chi connectivity index (χ1v) is 12.1. The maximum absolute atomic E-state index is 11.9. The molecule has 34 heavy (non-hydrogen) atoms. The number of thioether (sulfide) groups is 1. The van der Waals surface area contributed by atoms with Gasteiger partial charge in [0.05, 0.1) is 23.3 Å². The third-order valence-electron chi connectivity index (χ3n) is 6.08. The third-order valence-corrected chi connectivity index (χ3v) is 7.01. The first kappa shape index (κ1) is 22.3. The first-order chi connectivity index (χ1) is 16.5. The number of carbonyl (C=O) groups excluding carboxylic acids is 2. The normalized spacial score (nSPS) is 18.1. The second-order valence-corrected chi connectivity index (χ2v) is 9.63. The predicted molar refractivity (Wildman–Crippen MR) is 132 cm³/mol. The van der Waals surface area contributed by atoms with Gasteiger partial charge in [0.25, 0.3) is 0 Å². The van der Waals surface area contributed by atoms with Crippen molar-refractivity contribution in [1.82, 2.24) is 15.0 Å². The van der Waals surface area contributed by atoms with Gasteiger partial charge >= 0.3 is 0 Å². The Morgan fingerprint density at radius 1 is 1.15 bits per heavy atom. The molecule has 0 atom stereocenters. The minimum absolute atomic E-state index is 0.0287. The monoisotopic (exact) mass is 475 g/mol. The number of aromatic nitrogens is 3. The van der Waals surface area contributed by atoms with Crippen LogP contribution in [0.1, 0.15) is 25.0 Å². The zero-order chi connectivity index (χ0) is 23.5. The molecule has 0 saturated carbocycles. The van der Waals surface area contributed by atoms with E-state index < -0.39 is 0 Å². The lowest BCUT2D eigenvalue weighted by Crippen LogP contribution is -2.38. The molecule has 8 nitrogen and oxygen atoms in total. The minimum Gasteiger partial charge on any atom is -0.463 e. The van der Waals surface area contributed by atoms with E-state index in [0.717, 1.165) is 61.5 Å². The lowest BCUT2D eigenvalue weighted by Gasteiger charge is -2.34. The Kier molecular flexibility index (Phi) is 6.44. The summed E-state index contributed by atoms with van der Waals surface area (Å²) in [6.45, 7) is 2.65. The Balaban J connectivity index is 1.19. The maximum Gasteiger partial charge on any atom is 0.225 e. The minimum atomic E-state index is -0.135. The summed E-state index contributed by atoms with van der Waals surface area (Å²) in [7, 11) is 2.08. The lowest BCUT2D eigenvalue weighted by atomic mass is 9.96. The highest BCUT2D eigenvalue weighted by molar-refractivity contribution is 8.18. The number of Topliss-reactive ketones (excluding diaryl/α,β-unsaturated/α-hetero) is 1. The quantitative estimate of drug-likeness (QED) is 0.386. The number of nitrogens with zero attached hydrogens (tertiary/aromatic N) is 5. The van der Waals surface area contributed by atoms with E-state index in [0.29, 0.717) is 22.5 Å². The number of anilines is 2. The molecule has 0 amide bonds. The van der Waals surface area contributed by atoms with Crippen molar-refractivity contribution >= 4 is 40.5 Å². The molecule has 0 unspecified atom stereocenters. The molecule has 3 aromatic heterocycles. The fraction of sp³-hybridized carbons (Fsp3) is 0.320. The summed E-state index contributed by atoms with van der Waals surface area (Å²) in [5.74, 6) is 2.77. The van der Waals surface area contributed by atoms with Crippen LogP contribution in [-0.4, -0.2) is 52.5 Å². The largest absolute Gasteiger partial charge is 0.463 e. The van der Waals surface area contributed by atoms with E-state index in [4.69, 9.17) is 9.40 Å². The molecule has 174 valence electrons. The fourth-order valence-corrected chi connectivity index (χ4v) is 5.08. The summed E-state index contributed by atoms with van der Waals surface area (Å²) in [4.78, 5) is 42.0. The van der Waals surface area contributed by atoms with Crippen LogP contribution in [-0.2, 0) is 9.59 Å². The van der Waals surface area contributed by atoms with Gasteiger partial charge in [0, 0.05) is 32.9 Å². The topological polar surface area (TPSA) is 92.4 Å². The van der Waals surface area contributed by atoms with Crippen molar-refractivity contribution in [2.75, 3.05) is 36.5 Å². The van der Waals surface area contributed by atoms with Crippen molar-refractivity contribution < 1.29 is 14.0 Å². The molecule has 5 rings (SSSR count). The molecule has 9 heteroatoms. The van der Waals surface area contributed by atoms with E-state index in [2.05, 4.69) is 26.8 Å². The Labute approximate surface area is 202 Å². The Bertz CT molecular complexity index is 1220. The zero-order valence-corrected chi connectivity index (χ0v) is 19.7. The molecule has 0 aliphatic carbocycles. The van der Waals surface area contributed by atoms with Crippen molar-refractivity contribution in [3.05, 3.63) is 59.5 Å². The van der Waals surface area contributed by atoms with Crippen LogP contribution in [0.3, 0.4) is 0 Å². The number of furan rings is 1. The Morgan fingerprint density at radius 2 is 2.00 bits per heavy atom. The SMILES string of the molecule is CN(CC1CCN(c2nccc(/C=C3\SC(=O)CC3=O)n2)CC1)c1cccc(-c2ccco2)n1. The summed E-state index contributed by atoms with van der Waals surface area (Å²) in [6.07, 6.45) is 7.08. The highest BCUT2D eigenvalue weighted by Crippen LogP contribution is 2.31. The van der Waals surface area contributed by atoms with E-state index in [-0.39, 0.29) is 17.3 Å². The molecular formula is C25H25N5O3S. The Morgan fingerprint density at radius 3 is 2.74 bits per heavy atom. The predicted octanol–water partition coefficient (Wildman–Crippen LogP) is 4.06. The summed E-state index contributed by atoms with van der Waals surface area (Å²) < 4.78 is 5.48. The number of rotatable bonds is 6. The summed E-state index contributed by atoms with van der Waals surface area (Å²) in [6, 6.07) is 11.5. The van der Waals surface area contributed by atoms with E-state index in [1.807, 2.05) is 30.3 Å². The molecule has 2 aliphatic heterocycles. The lowest BCUT2D eigenvalue weighted by molar-refractivity contribution is -0.119. The van der Waals surface area contributed by atoms with Crippen LogP contribution in [0.15, 0.2) is 58.2 Å². The average molecular weight is 476 g/mol. The first-order valence-electron chi connectivity index (χ1n) is 11.3. The van der Waals surface area contributed by atoms with Crippen molar-refractivity contribution in [3.63, 3.8) is 0 Å². The van der Waals surface area contributed by atoms with E-state index in [1.54, 1.807) is 24.6 Å². The van der Waals surface area contributed by atoms with Crippen molar-refractivity contribution in [2.24, 2.45) is 5.92 Å². The molecule has 0 N–H and O–H groups in total. The summed E-state index contributed by atoms with van der Waals surface area (Å²) in [5.41, 5.74) is 1.48. The maximum atomic E-state index is 11.9. The molecule has 0 radical (unpaired) electrons. The van der Waals surface area contributed by atoms with Gasteiger partial charge in [0.15, 0.2) is 11.5 Å². The van der Waals surface area contributed by atoms with Crippen molar-refractivity contribution in [1.29, 1.82) is 0 Å². The standard InChI is InChI=1S/C25H25N5O3S/c1-29(23-6-2-4-19(28-23)21-5-3-13-33-21)16-17-8-11-30(12-9-17)25-26-10-7-18(27-25)14-22-20(31)15-24(32)34-22/h2-7,10,13-14,17H,8-9,11-12,15-16H2,1H3/b22-14-. The van der Waals surface area contributed by atoms with Crippen LogP contribution in [0, 0.1) is 5.92 Å². The number of ketones is 1. The molecule has 0 spiro atoms.